The van der Waals surface area contributed by atoms with Crippen LogP contribution in [-0.4, -0.2) is 17.0 Å². The normalized spacial score (nSPS) is 10.4. The maximum Gasteiger partial charge on any atom is 0.137 e. The van der Waals surface area contributed by atoms with Crippen molar-refractivity contribution >= 4 is 23.1 Å². The molecule has 0 spiro atoms. The van der Waals surface area contributed by atoms with Crippen molar-refractivity contribution in [3.63, 3.8) is 0 Å². The predicted octanol–water partition coefficient (Wildman–Crippen LogP) is 3.60. The average Bonchev–Trinajstić information content (AvgIpc) is 2.38. The number of hydrogen-bond acceptors (Lipinski definition) is 3. The number of rotatable bonds is 3. The van der Waals surface area contributed by atoms with Crippen LogP contribution in [0.25, 0.3) is 0 Å². The zero-order valence-electron chi connectivity index (χ0n) is 10.2. The van der Waals surface area contributed by atoms with E-state index in [0.29, 0.717) is 23.2 Å². The van der Waals surface area contributed by atoms with Crippen molar-refractivity contribution in [1.29, 1.82) is 0 Å². The van der Waals surface area contributed by atoms with E-state index < -0.39 is 0 Å². The van der Waals surface area contributed by atoms with Crippen LogP contribution in [0.5, 0.6) is 0 Å². The van der Waals surface area contributed by atoms with E-state index >= 15 is 0 Å². The molecule has 0 aliphatic carbocycles. The summed E-state index contributed by atoms with van der Waals surface area (Å²) in [5.41, 5.74) is 0.841. The van der Waals surface area contributed by atoms with E-state index in [2.05, 4.69) is 9.97 Å². The van der Waals surface area contributed by atoms with Crippen LogP contribution in [0.15, 0.2) is 30.3 Å². The number of anilines is 2. The minimum atomic E-state index is -0.262. The first-order chi connectivity index (χ1) is 8.60. The largest absolute Gasteiger partial charge is 0.329 e. The number of aryl methyl sites for hydroxylation is 1. The Morgan fingerprint density at radius 2 is 1.89 bits per heavy atom. The number of nitrogens with zero attached hydrogens (tertiary/aromatic N) is 3. The number of aromatic nitrogens is 2. The molecule has 0 bridgehead atoms. The molecule has 1 aromatic carbocycles. The van der Waals surface area contributed by atoms with Crippen molar-refractivity contribution in [2.75, 3.05) is 11.9 Å². The molecular formula is C13H13ClFN3. The van der Waals surface area contributed by atoms with Crippen LogP contribution in [0.2, 0.25) is 5.15 Å². The highest BCUT2D eigenvalue weighted by molar-refractivity contribution is 6.29. The first-order valence-electron chi connectivity index (χ1n) is 5.63. The fraction of sp³-hybridized carbons (Fsp3) is 0.231. The van der Waals surface area contributed by atoms with Gasteiger partial charge in [0.05, 0.1) is 0 Å². The van der Waals surface area contributed by atoms with Gasteiger partial charge in [-0.25, -0.2) is 14.4 Å². The second kappa shape index (κ2) is 5.31. The Morgan fingerprint density at radius 3 is 2.50 bits per heavy atom. The minimum absolute atomic E-state index is 0.262. The van der Waals surface area contributed by atoms with Gasteiger partial charge in [0, 0.05) is 25.2 Å². The van der Waals surface area contributed by atoms with Gasteiger partial charge in [0.2, 0.25) is 0 Å². The van der Waals surface area contributed by atoms with Gasteiger partial charge in [-0.3, -0.25) is 0 Å². The highest BCUT2D eigenvalue weighted by Crippen LogP contribution is 2.23. The van der Waals surface area contributed by atoms with Gasteiger partial charge < -0.3 is 4.90 Å². The molecule has 1 heterocycles. The summed E-state index contributed by atoms with van der Waals surface area (Å²) >= 11 is 5.95. The van der Waals surface area contributed by atoms with Gasteiger partial charge in [-0.05, 0) is 24.3 Å². The minimum Gasteiger partial charge on any atom is -0.329 e. The summed E-state index contributed by atoms with van der Waals surface area (Å²) in [5, 5.41) is 0.408. The third-order valence-electron chi connectivity index (χ3n) is 2.60. The smallest absolute Gasteiger partial charge is 0.137 e. The molecular weight excluding hydrogens is 253 g/mol. The molecule has 0 atom stereocenters. The first-order valence-corrected chi connectivity index (χ1v) is 6.00. The standard InChI is InChI=1S/C13H13ClFN3/c1-3-12-16-11(14)8-13(17-12)18(2)10-6-4-9(15)5-7-10/h4-8H,3H2,1-2H3. The predicted molar refractivity (Wildman–Crippen MR) is 70.9 cm³/mol. The lowest BCUT2D eigenvalue weighted by molar-refractivity contribution is 0.628. The third kappa shape index (κ3) is 2.76. The molecule has 0 N–H and O–H groups in total. The summed E-state index contributed by atoms with van der Waals surface area (Å²) in [4.78, 5) is 10.3. The van der Waals surface area contributed by atoms with Gasteiger partial charge in [-0.1, -0.05) is 18.5 Å². The Bertz CT molecular complexity index is 542. The van der Waals surface area contributed by atoms with E-state index in [1.807, 2.05) is 18.9 Å². The maximum absolute atomic E-state index is 12.9. The number of hydrogen-bond donors (Lipinski definition) is 0. The van der Waals surface area contributed by atoms with E-state index in [1.54, 1.807) is 18.2 Å². The second-order valence-electron chi connectivity index (χ2n) is 3.85. The van der Waals surface area contributed by atoms with Crippen molar-refractivity contribution in [3.05, 3.63) is 47.1 Å². The summed E-state index contributed by atoms with van der Waals surface area (Å²) in [6, 6.07) is 7.89. The Morgan fingerprint density at radius 1 is 1.22 bits per heavy atom. The van der Waals surface area contributed by atoms with Gasteiger partial charge in [0.25, 0.3) is 0 Å². The van der Waals surface area contributed by atoms with Crippen LogP contribution < -0.4 is 4.90 Å². The molecule has 2 aromatic rings. The first kappa shape index (κ1) is 12.8. The molecule has 0 saturated heterocycles. The number of benzene rings is 1. The summed E-state index contributed by atoms with van der Waals surface area (Å²) in [7, 11) is 1.85. The lowest BCUT2D eigenvalue weighted by atomic mass is 10.3. The molecule has 5 heteroatoms. The summed E-state index contributed by atoms with van der Waals surface area (Å²) in [6.07, 6.45) is 0.713. The molecule has 18 heavy (non-hydrogen) atoms. The van der Waals surface area contributed by atoms with Crippen LogP contribution in [0.1, 0.15) is 12.7 Å². The molecule has 0 fully saturated rings. The Balaban J connectivity index is 2.35. The highest BCUT2D eigenvalue weighted by Gasteiger charge is 2.08. The Kier molecular flexibility index (Phi) is 3.77. The topological polar surface area (TPSA) is 29.0 Å². The van der Waals surface area contributed by atoms with Crippen molar-refractivity contribution in [2.45, 2.75) is 13.3 Å². The molecule has 1 aromatic heterocycles. The molecule has 0 saturated carbocycles. The van der Waals surface area contributed by atoms with Crippen molar-refractivity contribution in [2.24, 2.45) is 0 Å². The molecule has 94 valence electrons. The van der Waals surface area contributed by atoms with E-state index in [9.17, 15) is 4.39 Å². The lowest BCUT2D eigenvalue weighted by Gasteiger charge is -2.18. The van der Waals surface area contributed by atoms with Crippen LogP contribution in [0.3, 0.4) is 0 Å². The van der Waals surface area contributed by atoms with Crippen LogP contribution in [-0.2, 0) is 6.42 Å². The van der Waals surface area contributed by atoms with E-state index in [1.165, 1.54) is 12.1 Å². The SMILES string of the molecule is CCc1nc(Cl)cc(N(C)c2ccc(F)cc2)n1. The third-order valence-corrected chi connectivity index (χ3v) is 2.80. The second-order valence-corrected chi connectivity index (χ2v) is 4.24. The Labute approximate surface area is 110 Å². The van der Waals surface area contributed by atoms with E-state index in [-0.39, 0.29) is 5.82 Å². The summed E-state index contributed by atoms with van der Waals surface area (Å²) in [5.74, 6) is 1.12. The zero-order valence-corrected chi connectivity index (χ0v) is 10.9. The molecule has 0 aliphatic heterocycles. The molecule has 0 amide bonds. The molecule has 2 rings (SSSR count). The quantitative estimate of drug-likeness (QED) is 0.794. The van der Waals surface area contributed by atoms with Gasteiger partial charge in [-0.2, -0.15) is 0 Å². The van der Waals surface area contributed by atoms with Crippen LogP contribution in [0, 0.1) is 5.82 Å². The molecule has 0 aliphatic rings. The van der Waals surface area contributed by atoms with Crippen LogP contribution in [0.4, 0.5) is 15.9 Å². The molecule has 3 nitrogen and oxygen atoms in total. The van der Waals surface area contributed by atoms with E-state index in [0.717, 1.165) is 5.69 Å². The Hall–Kier alpha value is -1.68. The van der Waals surface area contributed by atoms with Gasteiger partial charge in [-0.15, -0.1) is 0 Å². The fourth-order valence-corrected chi connectivity index (χ4v) is 1.77. The summed E-state index contributed by atoms with van der Waals surface area (Å²) in [6.45, 7) is 1.97. The monoisotopic (exact) mass is 265 g/mol. The number of halogens is 2. The van der Waals surface area contributed by atoms with E-state index in [4.69, 9.17) is 11.6 Å². The fourth-order valence-electron chi connectivity index (χ4n) is 1.58. The van der Waals surface area contributed by atoms with Crippen molar-refractivity contribution < 1.29 is 4.39 Å². The summed E-state index contributed by atoms with van der Waals surface area (Å²) < 4.78 is 12.9. The van der Waals surface area contributed by atoms with Gasteiger partial charge in [0.15, 0.2) is 0 Å². The lowest BCUT2D eigenvalue weighted by Crippen LogP contribution is -2.12. The highest BCUT2D eigenvalue weighted by atomic mass is 35.5. The van der Waals surface area contributed by atoms with Crippen LogP contribution >= 0.6 is 11.6 Å². The van der Waals surface area contributed by atoms with Gasteiger partial charge >= 0.3 is 0 Å². The molecule has 0 radical (unpaired) electrons. The molecule has 0 unspecified atom stereocenters. The van der Waals surface area contributed by atoms with Crippen molar-refractivity contribution in [1.82, 2.24) is 9.97 Å². The maximum atomic E-state index is 12.9. The average molecular weight is 266 g/mol. The zero-order chi connectivity index (χ0) is 13.1. The van der Waals surface area contributed by atoms with Gasteiger partial charge in [0.1, 0.15) is 22.6 Å². The van der Waals surface area contributed by atoms with Crippen molar-refractivity contribution in [3.8, 4) is 0 Å².